The zero-order chi connectivity index (χ0) is 15.1. The molecule has 0 radical (unpaired) electrons. The van der Waals surface area contributed by atoms with E-state index in [1.807, 2.05) is 5.32 Å². The van der Waals surface area contributed by atoms with Crippen molar-refractivity contribution in [2.75, 3.05) is 6.61 Å². The number of rotatable bonds is 8. The van der Waals surface area contributed by atoms with Gasteiger partial charge in [-0.25, -0.2) is 9.59 Å². The number of carboxylic acid groups (broad SMARTS) is 2. The summed E-state index contributed by atoms with van der Waals surface area (Å²) in [6.07, 6.45) is 0.187. The van der Waals surface area contributed by atoms with Gasteiger partial charge in [-0.15, -0.1) is 0 Å². The van der Waals surface area contributed by atoms with Crippen LogP contribution in [0.25, 0.3) is 0 Å². The number of amides is 1. The molecule has 0 unspecified atom stereocenters. The van der Waals surface area contributed by atoms with E-state index in [-0.39, 0.29) is 19.4 Å². The Kier molecular flexibility index (Phi) is 6.53. The predicted molar refractivity (Wildman–Crippen MR) is 62.3 cm³/mol. The van der Waals surface area contributed by atoms with Gasteiger partial charge < -0.3 is 20.3 Å². The Morgan fingerprint density at radius 3 is 1.95 bits per heavy atom. The summed E-state index contributed by atoms with van der Waals surface area (Å²) in [5.74, 6) is -4.49. The lowest BCUT2D eigenvalue weighted by atomic mass is 9.92. The second kappa shape index (κ2) is 7.34. The quantitative estimate of drug-likeness (QED) is 0.316. The van der Waals surface area contributed by atoms with Crippen LogP contribution < -0.4 is 5.32 Å². The largest absolute Gasteiger partial charge is 0.479 e. The molecule has 0 heterocycles. The van der Waals surface area contributed by atoms with Crippen molar-refractivity contribution in [1.29, 1.82) is 0 Å². The number of hydrogen-bond acceptors (Lipinski definition) is 5. The summed E-state index contributed by atoms with van der Waals surface area (Å²) in [6, 6.07) is 0. The highest BCUT2D eigenvalue weighted by Crippen LogP contribution is 2.16. The van der Waals surface area contributed by atoms with Crippen molar-refractivity contribution in [2.24, 2.45) is 0 Å². The smallest absolute Gasteiger partial charge is 0.341 e. The number of nitrogens with one attached hydrogen (secondary N) is 1. The van der Waals surface area contributed by atoms with Gasteiger partial charge in [-0.1, -0.05) is 0 Å². The number of carbonyl (C=O) groups is 4. The molecule has 0 rings (SSSR count). The van der Waals surface area contributed by atoms with Gasteiger partial charge in [-0.2, -0.15) is 0 Å². The molecule has 0 aromatic heterocycles. The summed E-state index contributed by atoms with van der Waals surface area (Å²) >= 11 is 0. The van der Waals surface area contributed by atoms with Gasteiger partial charge in [0.2, 0.25) is 11.4 Å². The first-order chi connectivity index (χ1) is 8.72. The van der Waals surface area contributed by atoms with E-state index in [4.69, 9.17) is 10.2 Å². The molecule has 1 amide bonds. The molecule has 0 fully saturated rings. The van der Waals surface area contributed by atoms with Gasteiger partial charge in [0, 0.05) is 13.8 Å². The first-order valence-electron chi connectivity index (χ1n) is 5.61. The summed E-state index contributed by atoms with van der Waals surface area (Å²) in [5.41, 5.74) is -2.35. The van der Waals surface area contributed by atoms with Crippen LogP contribution in [0.5, 0.6) is 0 Å². The Hall–Kier alpha value is -2.12. The number of carboxylic acids is 2. The molecule has 0 aliphatic rings. The van der Waals surface area contributed by atoms with Crippen molar-refractivity contribution >= 4 is 23.8 Å². The molecule has 0 bridgehead atoms. The monoisotopic (exact) mass is 275 g/mol. The maximum Gasteiger partial charge on any atom is 0.341 e. The van der Waals surface area contributed by atoms with Crippen LogP contribution in [-0.4, -0.2) is 46.2 Å². The van der Waals surface area contributed by atoms with Gasteiger partial charge in [0.25, 0.3) is 0 Å². The minimum absolute atomic E-state index is 0.0741. The maximum atomic E-state index is 11.1. The topological polar surface area (TPSA) is 130 Å². The fraction of sp³-hybridized carbons (Fsp3) is 0.636. The molecule has 19 heavy (non-hydrogen) atoms. The SMILES string of the molecule is CC(=O)NC(CCCCOC(C)=O)(C(=O)O)C(=O)O. The second-order valence-electron chi connectivity index (χ2n) is 3.99. The van der Waals surface area contributed by atoms with Crippen LogP contribution in [0, 0.1) is 0 Å². The van der Waals surface area contributed by atoms with Crippen molar-refractivity contribution < 1.29 is 34.1 Å². The molecule has 8 heteroatoms. The Bertz CT molecular complexity index is 363. The van der Waals surface area contributed by atoms with Gasteiger partial charge in [0.15, 0.2) is 0 Å². The Balaban J connectivity index is 4.59. The van der Waals surface area contributed by atoms with E-state index < -0.39 is 29.4 Å². The molecule has 0 aromatic carbocycles. The maximum absolute atomic E-state index is 11.1. The number of carbonyl (C=O) groups excluding carboxylic acids is 2. The van der Waals surface area contributed by atoms with Crippen LogP contribution in [0.1, 0.15) is 33.1 Å². The summed E-state index contributed by atoms with van der Waals surface area (Å²) in [7, 11) is 0. The first kappa shape index (κ1) is 16.9. The molecule has 0 atom stereocenters. The molecule has 0 aliphatic heterocycles. The van der Waals surface area contributed by atoms with E-state index in [0.29, 0.717) is 6.42 Å². The minimum Gasteiger partial charge on any atom is -0.479 e. The van der Waals surface area contributed by atoms with Crippen molar-refractivity contribution in [1.82, 2.24) is 5.32 Å². The Morgan fingerprint density at radius 1 is 1.05 bits per heavy atom. The van der Waals surface area contributed by atoms with Crippen LogP contribution in [0.15, 0.2) is 0 Å². The predicted octanol–water partition coefficient (Wildman–Crippen LogP) is -0.236. The van der Waals surface area contributed by atoms with Crippen LogP contribution in [0.3, 0.4) is 0 Å². The molecule has 0 saturated heterocycles. The zero-order valence-electron chi connectivity index (χ0n) is 10.8. The van der Waals surface area contributed by atoms with Crippen molar-refractivity contribution in [2.45, 2.75) is 38.6 Å². The summed E-state index contributed by atoms with van der Waals surface area (Å²) in [6.45, 7) is 2.35. The third kappa shape index (κ3) is 5.36. The lowest BCUT2D eigenvalue weighted by Crippen LogP contribution is -2.59. The van der Waals surface area contributed by atoms with E-state index in [2.05, 4.69) is 4.74 Å². The highest BCUT2D eigenvalue weighted by atomic mass is 16.5. The lowest BCUT2D eigenvalue weighted by molar-refractivity contribution is -0.161. The van der Waals surface area contributed by atoms with Crippen LogP contribution in [0.2, 0.25) is 0 Å². The summed E-state index contributed by atoms with van der Waals surface area (Å²) in [4.78, 5) is 43.6. The van der Waals surface area contributed by atoms with E-state index >= 15 is 0 Å². The summed E-state index contributed by atoms with van der Waals surface area (Å²) in [5, 5.41) is 20.0. The second-order valence-corrected chi connectivity index (χ2v) is 3.99. The molecule has 0 spiro atoms. The van der Waals surface area contributed by atoms with Gasteiger partial charge in [-0.3, -0.25) is 9.59 Å². The van der Waals surface area contributed by atoms with E-state index in [9.17, 15) is 19.2 Å². The van der Waals surface area contributed by atoms with Crippen molar-refractivity contribution in [3.05, 3.63) is 0 Å². The molecule has 8 nitrogen and oxygen atoms in total. The molecule has 0 aliphatic carbocycles. The van der Waals surface area contributed by atoms with Gasteiger partial charge in [0.1, 0.15) is 0 Å². The fourth-order valence-corrected chi connectivity index (χ4v) is 1.48. The molecule has 0 aromatic rings. The van der Waals surface area contributed by atoms with E-state index in [1.54, 1.807) is 0 Å². The average Bonchev–Trinajstić information content (AvgIpc) is 2.25. The number of unbranched alkanes of at least 4 members (excludes halogenated alkanes) is 1. The zero-order valence-corrected chi connectivity index (χ0v) is 10.8. The average molecular weight is 275 g/mol. The molecular weight excluding hydrogens is 258 g/mol. The van der Waals surface area contributed by atoms with Crippen LogP contribution in [-0.2, 0) is 23.9 Å². The number of hydrogen-bond donors (Lipinski definition) is 3. The third-order valence-electron chi connectivity index (χ3n) is 2.37. The number of ether oxygens (including phenoxy) is 1. The first-order valence-corrected chi connectivity index (χ1v) is 5.61. The van der Waals surface area contributed by atoms with Gasteiger partial charge >= 0.3 is 17.9 Å². The van der Waals surface area contributed by atoms with Crippen molar-refractivity contribution in [3.8, 4) is 0 Å². The Labute approximate surface area is 109 Å². The number of aliphatic carboxylic acids is 2. The highest BCUT2D eigenvalue weighted by molar-refractivity contribution is 6.06. The minimum atomic E-state index is -2.35. The molecule has 3 N–H and O–H groups in total. The van der Waals surface area contributed by atoms with Gasteiger partial charge in [0.05, 0.1) is 6.61 Å². The van der Waals surface area contributed by atoms with Gasteiger partial charge in [-0.05, 0) is 19.3 Å². The van der Waals surface area contributed by atoms with Crippen molar-refractivity contribution in [3.63, 3.8) is 0 Å². The van der Waals surface area contributed by atoms with E-state index in [1.165, 1.54) is 6.92 Å². The fourth-order valence-electron chi connectivity index (χ4n) is 1.48. The lowest BCUT2D eigenvalue weighted by Gasteiger charge is -2.25. The molecule has 0 saturated carbocycles. The Morgan fingerprint density at radius 2 is 1.58 bits per heavy atom. The van der Waals surface area contributed by atoms with Crippen LogP contribution in [0.4, 0.5) is 0 Å². The standard InChI is InChI=1S/C11H17NO7/c1-7(13)12-11(9(15)16,10(17)18)5-3-4-6-19-8(2)14/h3-6H2,1-2H3,(H,12,13)(H,15,16)(H,17,18). The highest BCUT2D eigenvalue weighted by Gasteiger charge is 2.46. The van der Waals surface area contributed by atoms with Crippen LogP contribution >= 0.6 is 0 Å². The van der Waals surface area contributed by atoms with E-state index in [0.717, 1.165) is 6.92 Å². The third-order valence-corrected chi connectivity index (χ3v) is 2.37. The normalized spacial score (nSPS) is 10.6. The number of esters is 1. The molecule has 108 valence electrons. The molecular formula is C11H17NO7. The summed E-state index contributed by atoms with van der Waals surface area (Å²) < 4.78 is 4.64.